The summed E-state index contributed by atoms with van der Waals surface area (Å²) in [6, 6.07) is 8.53. The van der Waals surface area contributed by atoms with Crippen molar-refractivity contribution in [3.8, 4) is 0 Å². The molecule has 1 heterocycles. The Morgan fingerprint density at radius 1 is 1.36 bits per heavy atom. The zero-order chi connectivity index (χ0) is 16.1. The number of imidazole rings is 1. The summed E-state index contributed by atoms with van der Waals surface area (Å²) in [5, 5.41) is 2.98. The van der Waals surface area contributed by atoms with Gasteiger partial charge < -0.3 is 9.88 Å². The molecular weight excluding hydrogens is 276 g/mol. The summed E-state index contributed by atoms with van der Waals surface area (Å²) >= 11 is 0. The largest absolute Gasteiger partial charge is 0.355 e. The highest BCUT2D eigenvalue weighted by atomic mass is 16.2. The number of hydrogen-bond donors (Lipinski definition) is 1. The van der Waals surface area contributed by atoms with Crippen LogP contribution in [0.5, 0.6) is 0 Å². The van der Waals surface area contributed by atoms with Gasteiger partial charge in [0.15, 0.2) is 0 Å². The van der Waals surface area contributed by atoms with E-state index in [0.717, 1.165) is 29.8 Å². The number of fused-ring (bicyclic) bond motifs is 1. The second-order valence-corrected chi connectivity index (χ2v) is 6.01. The number of aryl methyl sites for hydroxylation is 2. The molecule has 5 heteroatoms. The minimum atomic E-state index is 0.0865. The van der Waals surface area contributed by atoms with Gasteiger partial charge in [0.1, 0.15) is 5.82 Å². The van der Waals surface area contributed by atoms with Crippen molar-refractivity contribution in [2.75, 3.05) is 20.1 Å². The summed E-state index contributed by atoms with van der Waals surface area (Å²) in [4.78, 5) is 18.4. The Hall–Kier alpha value is -1.88. The molecule has 0 unspecified atom stereocenters. The van der Waals surface area contributed by atoms with Gasteiger partial charge in [0.2, 0.25) is 5.91 Å². The predicted molar refractivity (Wildman–Crippen MR) is 89.9 cm³/mol. The molecule has 0 fully saturated rings. The number of benzene rings is 1. The van der Waals surface area contributed by atoms with Crippen LogP contribution >= 0.6 is 0 Å². The summed E-state index contributed by atoms with van der Waals surface area (Å²) in [6.45, 7) is 8.20. The number of likely N-dealkylation sites (N-methyl/N-ethyl adjacent to an activating group) is 1. The topological polar surface area (TPSA) is 50.2 Å². The SMILES string of the molecule is Cc1nc2ccccc2n1CCCNC(=O)CN(C)C(C)C. The third-order valence-corrected chi connectivity index (χ3v) is 4.00. The van der Waals surface area contributed by atoms with E-state index in [9.17, 15) is 4.79 Å². The van der Waals surface area contributed by atoms with Crippen LogP contribution in [0.1, 0.15) is 26.1 Å². The van der Waals surface area contributed by atoms with Gasteiger partial charge in [-0.2, -0.15) is 0 Å². The Morgan fingerprint density at radius 3 is 2.82 bits per heavy atom. The smallest absolute Gasteiger partial charge is 0.234 e. The van der Waals surface area contributed by atoms with Crippen molar-refractivity contribution in [1.82, 2.24) is 19.8 Å². The summed E-state index contributed by atoms with van der Waals surface area (Å²) in [5.74, 6) is 1.11. The van der Waals surface area contributed by atoms with Crippen molar-refractivity contribution in [2.24, 2.45) is 0 Å². The van der Waals surface area contributed by atoms with Crippen molar-refractivity contribution in [3.05, 3.63) is 30.1 Å². The van der Waals surface area contributed by atoms with Crippen molar-refractivity contribution >= 4 is 16.9 Å². The quantitative estimate of drug-likeness (QED) is 0.798. The molecule has 0 aliphatic carbocycles. The Balaban J connectivity index is 1.81. The Labute approximate surface area is 132 Å². The molecule has 1 amide bonds. The van der Waals surface area contributed by atoms with E-state index in [0.29, 0.717) is 19.1 Å². The standard InChI is InChI=1S/C17H26N4O/c1-13(2)20(4)12-17(22)18-10-7-11-21-14(3)19-15-8-5-6-9-16(15)21/h5-6,8-9,13H,7,10-12H2,1-4H3,(H,18,22). The van der Waals surface area contributed by atoms with E-state index in [4.69, 9.17) is 0 Å². The molecule has 0 spiro atoms. The molecule has 0 saturated carbocycles. The fraction of sp³-hybridized carbons (Fsp3) is 0.529. The third kappa shape index (κ3) is 4.07. The molecule has 0 atom stereocenters. The molecular formula is C17H26N4O. The summed E-state index contributed by atoms with van der Waals surface area (Å²) in [5.41, 5.74) is 2.19. The third-order valence-electron chi connectivity index (χ3n) is 4.00. The first-order valence-corrected chi connectivity index (χ1v) is 7.88. The van der Waals surface area contributed by atoms with Gasteiger partial charge in [0.05, 0.1) is 17.6 Å². The van der Waals surface area contributed by atoms with Gasteiger partial charge in [-0.05, 0) is 46.4 Å². The monoisotopic (exact) mass is 302 g/mol. The number of aromatic nitrogens is 2. The molecule has 0 bridgehead atoms. The molecule has 0 saturated heterocycles. The van der Waals surface area contributed by atoms with E-state index in [1.165, 1.54) is 0 Å². The molecule has 0 aliphatic heterocycles. The number of hydrogen-bond acceptors (Lipinski definition) is 3. The van der Waals surface area contributed by atoms with Gasteiger partial charge in [0.25, 0.3) is 0 Å². The first-order valence-electron chi connectivity index (χ1n) is 7.88. The number of carbonyl (C=O) groups is 1. The molecule has 22 heavy (non-hydrogen) atoms. The van der Waals surface area contributed by atoms with Gasteiger partial charge in [-0.1, -0.05) is 12.1 Å². The number of nitrogens with zero attached hydrogens (tertiary/aromatic N) is 3. The first-order chi connectivity index (χ1) is 10.5. The van der Waals surface area contributed by atoms with E-state index in [2.05, 4.69) is 34.8 Å². The lowest BCUT2D eigenvalue weighted by molar-refractivity contribution is -0.122. The normalized spacial score (nSPS) is 11.5. The fourth-order valence-electron chi connectivity index (χ4n) is 2.41. The molecule has 120 valence electrons. The average molecular weight is 302 g/mol. The Kier molecular flexibility index (Phi) is 5.55. The first kappa shape index (κ1) is 16.5. The molecule has 2 rings (SSSR count). The zero-order valence-electron chi connectivity index (χ0n) is 14.0. The van der Waals surface area contributed by atoms with Crippen molar-refractivity contribution in [2.45, 2.75) is 39.8 Å². The van der Waals surface area contributed by atoms with E-state index in [1.807, 2.05) is 37.1 Å². The van der Waals surface area contributed by atoms with Crippen LogP contribution in [0.4, 0.5) is 0 Å². The molecule has 1 aromatic heterocycles. The van der Waals surface area contributed by atoms with E-state index in [1.54, 1.807) is 0 Å². The molecule has 0 radical (unpaired) electrons. The fourth-order valence-corrected chi connectivity index (χ4v) is 2.41. The molecule has 1 N–H and O–H groups in total. The maximum Gasteiger partial charge on any atom is 0.234 e. The predicted octanol–water partition coefficient (Wildman–Crippen LogP) is 2.19. The average Bonchev–Trinajstić information content (AvgIpc) is 2.79. The highest BCUT2D eigenvalue weighted by molar-refractivity contribution is 5.78. The maximum absolute atomic E-state index is 11.8. The van der Waals surface area contributed by atoms with E-state index < -0.39 is 0 Å². The molecule has 5 nitrogen and oxygen atoms in total. The number of rotatable bonds is 7. The van der Waals surface area contributed by atoms with Crippen molar-refractivity contribution in [3.63, 3.8) is 0 Å². The van der Waals surface area contributed by atoms with Crippen molar-refractivity contribution < 1.29 is 4.79 Å². The highest BCUT2D eigenvalue weighted by Gasteiger charge is 2.09. The van der Waals surface area contributed by atoms with Gasteiger partial charge in [-0.3, -0.25) is 9.69 Å². The number of para-hydroxylation sites is 2. The highest BCUT2D eigenvalue weighted by Crippen LogP contribution is 2.15. The van der Waals surface area contributed by atoms with Gasteiger partial charge >= 0.3 is 0 Å². The zero-order valence-corrected chi connectivity index (χ0v) is 14.0. The van der Waals surface area contributed by atoms with Crippen LogP contribution in [0.25, 0.3) is 11.0 Å². The Bertz CT molecular complexity index is 633. The van der Waals surface area contributed by atoms with Crippen LogP contribution in [0.15, 0.2) is 24.3 Å². The van der Waals surface area contributed by atoms with Gasteiger partial charge in [-0.15, -0.1) is 0 Å². The van der Waals surface area contributed by atoms with E-state index >= 15 is 0 Å². The van der Waals surface area contributed by atoms with Crippen LogP contribution in [-0.2, 0) is 11.3 Å². The number of carbonyl (C=O) groups excluding carboxylic acids is 1. The Morgan fingerprint density at radius 2 is 2.09 bits per heavy atom. The molecule has 1 aromatic carbocycles. The second kappa shape index (κ2) is 7.40. The minimum Gasteiger partial charge on any atom is -0.355 e. The summed E-state index contributed by atoms with van der Waals surface area (Å²) in [6.07, 6.45) is 0.901. The number of nitrogens with one attached hydrogen (secondary N) is 1. The van der Waals surface area contributed by atoms with Crippen LogP contribution in [0, 0.1) is 6.92 Å². The lowest BCUT2D eigenvalue weighted by atomic mass is 10.3. The lowest BCUT2D eigenvalue weighted by Crippen LogP contribution is -2.38. The van der Waals surface area contributed by atoms with Crippen LogP contribution < -0.4 is 5.32 Å². The van der Waals surface area contributed by atoms with Crippen LogP contribution in [0.3, 0.4) is 0 Å². The molecule has 0 aliphatic rings. The van der Waals surface area contributed by atoms with Gasteiger partial charge in [-0.25, -0.2) is 4.98 Å². The maximum atomic E-state index is 11.8. The molecule has 2 aromatic rings. The van der Waals surface area contributed by atoms with Crippen LogP contribution in [-0.4, -0.2) is 46.5 Å². The minimum absolute atomic E-state index is 0.0865. The summed E-state index contributed by atoms with van der Waals surface area (Å²) < 4.78 is 2.21. The lowest BCUT2D eigenvalue weighted by Gasteiger charge is -2.20. The number of amides is 1. The van der Waals surface area contributed by atoms with Crippen LogP contribution in [0.2, 0.25) is 0 Å². The van der Waals surface area contributed by atoms with E-state index in [-0.39, 0.29) is 5.91 Å². The second-order valence-electron chi connectivity index (χ2n) is 6.01. The van der Waals surface area contributed by atoms with Crippen molar-refractivity contribution in [1.29, 1.82) is 0 Å². The summed E-state index contributed by atoms with van der Waals surface area (Å²) in [7, 11) is 1.96. The van der Waals surface area contributed by atoms with Gasteiger partial charge in [0, 0.05) is 19.1 Å².